The summed E-state index contributed by atoms with van der Waals surface area (Å²) in [5, 5.41) is 10.9. The Balaban J connectivity index is 1.61. The van der Waals surface area contributed by atoms with Crippen molar-refractivity contribution in [2.45, 2.75) is 19.1 Å². The summed E-state index contributed by atoms with van der Waals surface area (Å²) in [5.41, 5.74) is 0.0957. The maximum Gasteiger partial charge on any atom is 0.134 e. The molecule has 0 saturated carbocycles. The zero-order valence-corrected chi connectivity index (χ0v) is 13.4. The highest BCUT2D eigenvalue weighted by Crippen LogP contribution is 2.18. The molecule has 3 rings (SSSR count). The van der Waals surface area contributed by atoms with Gasteiger partial charge in [0.05, 0.1) is 19.8 Å². The summed E-state index contributed by atoms with van der Waals surface area (Å²) in [6, 6.07) is 7.82. The quantitative estimate of drug-likeness (QED) is 0.871. The van der Waals surface area contributed by atoms with Crippen molar-refractivity contribution in [3.63, 3.8) is 0 Å². The zero-order chi connectivity index (χ0) is 16.1. The van der Waals surface area contributed by atoms with E-state index in [9.17, 15) is 5.11 Å². The first-order valence-corrected chi connectivity index (χ1v) is 7.83. The van der Waals surface area contributed by atoms with E-state index in [0.717, 1.165) is 23.7 Å². The van der Waals surface area contributed by atoms with Gasteiger partial charge in [-0.1, -0.05) is 12.1 Å². The number of hydrogen-bond donors (Lipinski definition) is 2. The van der Waals surface area contributed by atoms with E-state index in [0.29, 0.717) is 19.7 Å². The van der Waals surface area contributed by atoms with E-state index in [1.54, 1.807) is 12.4 Å². The van der Waals surface area contributed by atoms with Gasteiger partial charge in [-0.3, -0.25) is 4.90 Å². The minimum absolute atomic E-state index is 0.200. The Morgan fingerprint density at radius 1 is 1.48 bits per heavy atom. The summed E-state index contributed by atoms with van der Waals surface area (Å²) >= 11 is 0. The van der Waals surface area contributed by atoms with Crippen LogP contribution in [-0.4, -0.2) is 58.5 Å². The number of aromatic nitrogens is 2. The van der Waals surface area contributed by atoms with Crippen LogP contribution in [0.1, 0.15) is 11.4 Å². The molecule has 1 aliphatic rings. The minimum Gasteiger partial charge on any atom is -0.490 e. The molecule has 0 radical (unpaired) electrons. The minimum atomic E-state index is -1.03. The summed E-state index contributed by atoms with van der Waals surface area (Å²) in [6.45, 7) is 4.98. The molecule has 0 bridgehead atoms. The Labute approximate surface area is 136 Å². The van der Waals surface area contributed by atoms with Gasteiger partial charge in [-0.2, -0.15) is 0 Å². The zero-order valence-electron chi connectivity index (χ0n) is 13.4. The topological polar surface area (TPSA) is 70.6 Å². The number of imidazole rings is 1. The first kappa shape index (κ1) is 16.0. The van der Waals surface area contributed by atoms with Crippen molar-refractivity contribution in [2.24, 2.45) is 0 Å². The Hall–Kier alpha value is -1.89. The lowest BCUT2D eigenvalue weighted by Crippen LogP contribution is -2.48. The molecular weight excluding hydrogens is 294 g/mol. The molecule has 1 aliphatic heterocycles. The van der Waals surface area contributed by atoms with Gasteiger partial charge in [0.15, 0.2) is 0 Å². The molecule has 124 valence electrons. The van der Waals surface area contributed by atoms with Gasteiger partial charge in [-0.05, 0) is 24.6 Å². The second-order valence-electron chi connectivity index (χ2n) is 6.13. The maximum absolute atomic E-state index is 10.9. The van der Waals surface area contributed by atoms with Crippen molar-refractivity contribution < 1.29 is 14.6 Å². The molecule has 0 spiro atoms. The average Bonchev–Trinajstić information content (AvgIpc) is 2.95. The number of aryl methyl sites for hydroxylation is 1. The number of rotatable bonds is 5. The predicted molar refractivity (Wildman–Crippen MR) is 86.3 cm³/mol. The van der Waals surface area contributed by atoms with Gasteiger partial charge in [0.2, 0.25) is 0 Å². The van der Waals surface area contributed by atoms with Gasteiger partial charge in [0, 0.05) is 25.5 Å². The normalized spacial score (nSPS) is 22.7. The van der Waals surface area contributed by atoms with E-state index in [4.69, 9.17) is 9.47 Å². The number of aliphatic hydroxyl groups is 1. The molecule has 0 amide bonds. The molecule has 2 N–H and O–H groups in total. The van der Waals surface area contributed by atoms with Crippen molar-refractivity contribution >= 4 is 0 Å². The van der Waals surface area contributed by atoms with Crippen LogP contribution in [0.25, 0.3) is 0 Å². The summed E-state index contributed by atoms with van der Waals surface area (Å²) in [7, 11) is 0. The van der Waals surface area contributed by atoms with Crippen molar-refractivity contribution in [3.05, 3.63) is 48.0 Å². The highest BCUT2D eigenvalue weighted by molar-refractivity contribution is 5.27. The third kappa shape index (κ3) is 4.54. The molecule has 1 aromatic heterocycles. The Morgan fingerprint density at radius 3 is 3.17 bits per heavy atom. The number of H-pyrrole nitrogens is 1. The van der Waals surface area contributed by atoms with Gasteiger partial charge >= 0.3 is 0 Å². The van der Waals surface area contributed by atoms with E-state index in [1.165, 1.54) is 0 Å². The monoisotopic (exact) mass is 317 g/mol. The second kappa shape index (κ2) is 7.12. The Bertz CT molecular complexity index is 617. The first-order chi connectivity index (χ1) is 11.1. The molecule has 6 nitrogen and oxygen atoms in total. The molecule has 2 aromatic rings. The summed E-state index contributed by atoms with van der Waals surface area (Å²) in [6.07, 6.45) is 3.54. The van der Waals surface area contributed by atoms with Crippen LogP contribution in [0.2, 0.25) is 0 Å². The lowest BCUT2D eigenvalue weighted by Gasteiger charge is -2.30. The summed E-state index contributed by atoms with van der Waals surface area (Å²) < 4.78 is 11.4. The van der Waals surface area contributed by atoms with E-state index >= 15 is 0 Å². The van der Waals surface area contributed by atoms with E-state index in [2.05, 4.69) is 14.9 Å². The van der Waals surface area contributed by atoms with Crippen molar-refractivity contribution in [1.29, 1.82) is 0 Å². The molecule has 23 heavy (non-hydrogen) atoms. The SMILES string of the molecule is Cc1cccc(OC[C@@]2(O)COCCN(Cc3ncc[nH]3)C2)c1. The molecular formula is C17H23N3O3. The maximum atomic E-state index is 10.9. The molecule has 2 heterocycles. The number of β-amino-alcohol motifs (C(OH)–C–C–N with tert-alkyl or cyclic N) is 1. The number of ether oxygens (including phenoxy) is 2. The van der Waals surface area contributed by atoms with Gasteiger partial charge in [0.25, 0.3) is 0 Å². The highest BCUT2D eigenvalue weighted by Gasteiger charge is 2.33. The van der Waals surface area contributed by atoms with Crippen molar-refractivity contribution in [2.75, 3.05) is 32.9 Å². The number of aromatic amines is 1. The van der Waals surface area contributed by atoms with E-state index in [1.807, 2.05) is 31.2 Å². The predicted octanol–water partition coefficient (Wildman–Crippen LogP) is 1.36. The van der Waals surface area contributed by atoms with Gasteiger partial charge in [-0.15, -0.1) is 0 Å². The Kier molecular flexibility index (Phi) is 4.95. The number of nitrogens with zero attached hydrogens (tertiary/aromatic N) is 2. The molecule has 1 fully saturated rings. The fraction of sp³-hybridized carbons (Fsp3) is 0.471. The van der Waals surface area contributed by atoms with Gasteiger partial charge < -0.3 is 19.6 Å². The van der Waals surface area contributed by atoms with E-state index in [-0.39, 0.29) is 13.2 Å². The molecule has 1 atom stereocenters. The smallest absolute Gasteiger partial charge is 0.134 e. The average molecular weight is 317 g/mol. The van der Waals surface area contributed by atoms with Gasteiger partial charge in [0.1, 0.15) is 23.8 Å². The first-order valence-electron chi connectivity index (χ1n) is 7.83. The van der Waals surface area contributed by atoms with Crippen LogP contribution in [-0.2, 0) is 11.3 Å². The third-order valence-corrected chi connectivity index (χ3v) is 3.87. The largest absolute Gasteiger partial charge is 0.490 e. The molecule has 0 unspecified atom stereocenters. The lowest BCUT2D eigenvalue weighted by atomic mass is 10.1. The third-order valence-electron chi connectivity index (χ3n) is 3.87. The fourth-order valence-corrected chi connectivity index (χ4v) is 2.74. The van der Waals surface area contributed by atoms with Crippen LogP contribution in [0, 0.1) is 6.92 Å². The second-order valence-corrected chi connectivity index (χ2v) is 6.13. The van der Waals surface area contributed by atoms with Crippen LogP contribution in [0.15, 0.2) is 36.7 Å². The summed E-state index contributed by atoms with van der Waals surface area (Å²) in [4.78, 5) is 9.46. The number of nitrogens with one attached hydrogen (secondary N) is 1. The molecule has 1 aromatic carbocycles. The highest BCUT2D eigenvalue weighted by atomic mass is 16.5. The fourth-order valence-electron chi connectivity index (χ4n) is 2.74. The number of benzene rings is 1. The van der Waals surface area contributed by atoms with Crippen LogP contribution in [0.5, 0.6) is 5.75 Å². The standard InChI is InChI=1S/C17H23N3O3/c1-14-3-2-4-15(9-14)23-13-17(21)11-20(7-8-22-12-17)10-16-18-5-6-19-16/h2-6,9,21H,7-8,10-13H2,1H3,(H,18,19)/t17-/m0/s1. The van der Waals surface area contributed by atoms with E-state index < -0.39 is 5.60 Å². The van der Waals surface area contributed by atoms with Crippen LogP contribution in [0.4, 0.5) is 0 Å². The van der Waals surface area contributed by atoms with Crippen LogP contribution >= 0.6 is 0 Å². The van der Waals surface area contributed by atoms with Crippen molar-refractivity contribution in [3.8, 4) is 5.75 Å². The Morgan fingerprint density at radius 2 is 2.39 bits per heavy atom. The molecule has 0 aliphatic carbocycles. The molecule has 1 saturated heterocycles. The van der Waals surface area contributed by atoms with Gasteiger partial charge in [-0.25, -0.2) is 4.98 Å². The van der Waals surface area contributed by atoms with Crippen LogP contribution < -0.4 is 4.74 Å². The number of hydrogen-bond acceptors (Lipinski definition) is 5. The van der Waals surface area contributed by atoms with Crippen molar-refractivity contribution in [1.82, 2.24) is 14.9 Å². The van der Waals surface area contributed by atoms with Crippen LogP contribution in [0.3, 0.4) is 0 Å². The molecule has 6 heteroatoms. The lowest BCUT2D eigenvalue weighted by molar-refractivity contribution is -0.0648. The summed E-state index contributed by atoms with van der Waals surface area (Å²) in [5.74, 6) is 1.65.